The highest BCUT2D eigenvalue weighted by Gasteiger charge is 2.23. The normalized spacial score (nSPS) is 15.8. The molecule has 1 atom stereocenters. The minimum absolute atomic E-state index is 0.0195. The fourth-order valence-electron chi connectivity index (χ4n) is 3.62. The molecule has 0 saturated carbocycles. The van der Waals surface area contributed by atoms with Crippen molar-refractivity contribution < 1.29 is 9.53 Å². The summed E-state index contributed by atoms with van der Waals surface area (Å²) < 4.78 is 5.27. The molecule has 1 heterocycles. The molecule has 0 radical (unpaired) electrons. The molecule has 0 spiro atoms. The second kappa shape index (κ2) is 10.1. The first-order valence-electron chi connectivity index (χ1n) is 9.65. The fraction of sp³-hybridized carbons (Fsp3) is 0.409. The molecule has 150 valence electrons. The summed E-state index contributed by atoms with van der Waals surface area (Å²) in [7, 11) is 1.67. The molecule has 28 heavy (non-hydrogen) atoms. The maximum atomic E-state index is 12.5. The number of halogens is 2. The maximum absolute atomic E-state index is 12.5. The monoisotopic (exact) mass is 420 g/mol. The second-order valence-corrected chi connectivity index (χ2v) is 7.93. The van der Waals surface area contributed by atoms with Gasteiger partial charge in [0.15, 0.2) is 0 Å². The fourth-order valence-corrected chi connectivity index (χ4v) is 3.94. The number of benzene rings is 2. The number of hydrogen-bond acceptors (Lipinski definition) is 3. The molecule has 1 saturated heterocycles. The third kappa shape index (κ3) is 5.63. The molecule has 4 nitrogen and oxygen atoms in total. The van der Waals surface area contributed by atoms with Gasteiger partial charge in [-0.2, -0.15) is 0 Å². The zero-order valence-corrected chi connectivity index (χ0v) is 17.6. The lowest BCUT2D eigenvalue weighted by molar-refractivity contribution is -0.120. The summed E-state index contributed by atoms with van der Waals surface area (Å²) in [5, 5.41) is 4.07. The first-order chi connectivity index (χ1) is 13.6. The van der Waals surface area contributed by atoms with Crippen LogP contribution in [-0.4, -0.2) is 37.6 Å². The number of piperidine rings is 1. The molecule has 1 aliphatic heterocycles. The van der Waals surface area contributed by atoms with Crippen molar-refractivity contribution in [2.75, 3.05) is 26.7 Å². The number of ether oxygens (including phenoxy) is 1. The smallest absolute Gasteiger partial charge is 0.224 e. The van der Waals surface area contributed by atoms with Crippen LogP contribution < -0.4 is 10.1 Å². The van der Waals surface area contributed by atoms with Crippen LogP contribution >= 0.6 is 23.2 Å². The van der Waals surface area contributed by atoms with E-state index < -0.39 is 0 Å². The summed E-state index contributed by atoms with van der Waals surface area (Å²) in [6, 6.07) is 13.6. The van der Waals surface area contributed by atoms with Crippen molar-refractivity contribution in [2.45, 2.75) is 31.7 Å². The largest absolute Gasteiger partial charge is 0.497 e. The Bertz CT molecular complexity index is 790. The van der Waals surface area contributed by atoms with Gasteiger partial charge in [0.05, 0.1) is 29.6 Å². The van der Waals surface area contributed by atoms with Crippen LogP contribution in [0.3, 0.4) is 0 Å². The minimum Gasteiger partial charge on any atom is -0.497 e. The summed E-state index contributed by atoms with van der Waals surface area (Å²) in [5.74, 6) is 0.818. The Morgan fingerprint density at radius 2 is 1.79 bits per heavy atom. The number of likely N-dealkylation sites (tertiary alicyclic amines) is 1. The highest BCUT2D eigenvalue weighted by atomic mass is 35.5. The minimum atomic E-state index is -0.0195. The van der Waals surface area contributed by atoms with Crippen LogP contribution in [-0.2, 0) is 11.2 Å². The van der Waals surface area contributed by atoms with Crippen LogP contribution in [0.25, 0.3) is 0 Å². The van der Waals surface area contributed by atoms with Gasteiger partial charge in [-0.05, 0) is 61.3 Å². The topological polar surface area (TPSA) is 41.6 Å². The molecule has 0 aromatic heterocycles. The van der Waals surface area contributed by atoms with Gasteiger partial charge in [-0.15, -0.1) is 0 Å². The highest BCUT2D eigenvalue weighted by Crippen LogP contribution is 2.26. The quantitative estimate of drug-likeness (QED) is 0.692. The molecule has 1 fully saturated rings. The maximum Gasteiger partial charge on any atom is 0.224 e. The van der Waals surface area contributed by atoms with E-state index in [4.69, 9.17) is 27.9 Å². The summed E-state index contributed by atoms with van der Waals surface area (Å²) in [4.78, 5) is 15.0. The Hall–Kier alpha value is -1.75. The summed E-state index contributed by atoms with van der Waals surface area (Å²) in [5.41, 5.74) is 2.04. The molecule has 6 heteroatoms. The van der Waals surface area contributed by atoms with Crippen molar-refractivity contribution in [3.05, 3.63) is 63.6 Å². The van der Waals surface area contributed by atoms with Gasteiger partial charge >= 0.3 is 0 Å². The van der Waals surface area contributed by atoms with Gasteiger partial charge in [0.1, 0.15) is 5.75 Å². The van der Waals surface area contributed by atoms with Crippen LogP contribution in [0.5, 0.6) is 5.75 Å². The standard InChI is InChI=1S/C22H26Cl2N2O2/c1-28-18-8-6-17(7-9-18)21(26-11-3-2-4-12-26)15-25-22(27)14-16-5-10-19(23)20(24)13-16/h5-10,13,21H,2-4,11-12,14-15H2,1H3,(H,25,27)/t21-/m1/s1. The lowest BCUT2D eigenvalue weighted by atomic mass is 10.0. The van der Waals surface area contributed by atoms with Gasteiger partial charge in [0, 0.05) is 6.54 Å². The average Bonchev–Trinajstić information content (AvgIpc) is 2.72. The van der Waals surface area contributed by atoms with Gasteiger partial charge in [0.25, 0.3) is 0 Å². The molecule has 0 aliphatic carbocycles. The number of hydrogen-bond donors (Lipinski definition) is 1. The molecule has 1 aliphatic rings. The Kier molecular flexibility index (Phi) is 7.60. The SMILES string of the molecule is COc1ccc([C@@H](CNC(=O)Cc2ccc(Cl)c(Cl)c2)N2CCCCC2)cc1. The summed E-state index contributed by atoms with van der Waals surface area (Å²) in [6.45, 7) is 2.69. The molecular formula is C22H26Cl2N2O2. The van der Waals surface area contributed by atoms with Crippen LogP contribution in [0.4, 0.5) is 0 Å². The van der Waals surface area contributed by atoms with Crippen molar-refractivity contribution in [1.29, 1.82) is 0 Å². The Morgan fingerprint density at radius 3 is 2.43 bits per heavy atom. The predicted octanol–water partition coefficient (Wildman–Crippen LogP) is 4.89. The van der Waals surface area contributed by atoms with E-state index in [0.29, 0.717) is 16.6 Å². The molecule has 0 bridgehead atoms. The number of methoxy groups -OCH3 is 1. The number of nitrogens with one attached hydrogen (secondary N) is 1. The van der Waals surface area contributed by atoms with E-state index in [1.807, 2.05) is 18.2 Å². The third-order valence-electron chi connectivity index (χ3n) is 5.17. The van der Waals surface area contributed by atoms with Crippen LogP contribution in [0.1, 0.15) is 36.4 Å². The van der Waals surface area contributed by atoms with Crippen LogP contribution in [0.2, 0.25) is 10.0 Å². The van der Waals surface area contributed by atoms with E-state index in [1.54, 1.807) is 19.2 Å². The van der Waals surface area contributed by atoms with Crippen molar-refractivity contribution in [3.8, 4) is 5.75 Å². The highest BCUT2D eigenvalue weighted by molar-refractivity contribution is 6.42. The van der Waals surface area contributed by atoms with E-state index >= 15 is 0 Å². The van der Waals surface area contributed by atoms with Gasteiger partial charge in [-0.1, -0.05) is 47.8 Å². The Balaban J connectivity index is 1.66. The number of carbonyl (C=O) groups is 1. The molecular weight excluding hydrogens is 395 g/mol. The third-order valence-corrected chi connectivity index (χ3v) is 5.91. The van der Waals surface area contributed by atoms with E-state index in [-0.39, 0.29) is 18.4 Å². The van der Waals surface area contributed by atoms with Gasteiger partial charge in [-0.25, -0.2) is 0 Å². The zero-order chi connectivity index (χ0) is 19.9. The molecule has 0 unspecified atom stereocenters. The first-order valence-corrected chi connectivity index (χ1v) is 10.4. The number of carbonyl (C=O) groups excluding carboxylic acids is 1. The first kappa shape index (κ1) is 21.0. The Morgan fingerprint density at radius 1 is 1.07 bits per heavy atom. The molecule has 2 aromatic carbocycles. The van der Waals surface area contributed by atoms with Crippen molar-refractivity contribution >= 4 is 29.1 Å². The van der Waals surface area contributed by atoms with Gasteiger partial charge < -0.3 is 10.1 Å². The zero-order valence-electron chi connectivity index (χ0n) is 16.1. The summed E-state index contributed by atoms with van der Waals surface area (Å²) >= 11 is 12.0. The van der Waals surface area contributed by atoms with E-state index in [1.165, 1.54) is 24.8 Å². The van der Waals surface area contributed by atoms with Crippen LogP contribution in [0, 0.1) is 0 Å². The number of nitrogens with zero attached hydrogens (tertiary/aromatic N) is 1. The average molecular weight is 421 g/mol. The van der Waals surface area contributed by atoms with E-state index in [0.717, 1.165) is 24.4 Å². The molecule has 1 amide bonds. The summed E-state index contributed by atoms with van der Waals surface area (Å²) in [6.07, 6.45) is 3.95. The van der Waals surface area contributed by atoms with Crippen molar-refractivity contribution in [3.63, 3.8) is 0 Å². The van der Waals surface area contributed by atoms with Gasteiger partial charge in [0.2, 0.25) is 5.91 Å². The van der Waals surface area contributed by atoms with Crippen molar-refractivity contribution in [1.82, 2.24) is 10.2 Å². The number of amides is 1. The predicted molar refractivity (Wildman–Crippen MR) is 114 cm³/mol. The Labute approximate surface area is 176 Å². The van der Waals surface area contributed by atoms with E-state index in [2.05, 4.69) is 22.3 Å². The second-order valence-electron chi connectivity index (χ2n) is 7.11. The number of rotatable bonds is 7. The molecule has 2 aromatic rings. The lowest BCUT2D eigenvalue weighted by Crippen LogP contribution is -2.41. The lowest BCUT2D eigenvalue weighted by Gasteiger charge is -2.35. The van der Waals surface area contributed by atoms with Gasteiger partial charge in [-0.3, -0.25) is 9.69 Å². The molecule has 1 N–H and O–H groups in total. The van der Waals surface area contributed by atoms with Crippen molar-refractivity contribution in [2.24, 2.45) is 0 Å². The molecule has 3 rings (SSSR count). The van der Waals surface area contributed by atoms with Crippen LogP contribution in [0.15, 0.2) is 42.5 Å². The van der Waals surface area contributed by atoms with E-state index in [9.17, 15) is 4.79 Å².